The van der Waals surface area contributed by atoms with Crippen molar-refractivity contribution in [3.63, 3.8) is 0 Å². The van der Waals surface area contributed by atoms with Crippen molar-refractivity contribution in [2.24, 2.45) is 5.73 Å². The lowest BCUT2D eigenvalue weighted by atomic mass is 10.2. The Kier molecular flexibility index (Phi) is 5.20. The van der Waals surface area contributed by atoms with Crippen molar-refractivity contribution in [3.05, 3.63) is 20.8 Å². The number of thiophene rings is 1. The van der Waals surface area contributed by atoms with Crippen molar-refractivity contribution in [3.8, 4) is 12.3 Å². The Bertz CT molecular complexity index is 316. The van der Waals surface area contributed by atoms with Crippen molar-refractivity contribution in [1.29, 1.82) is 0 Å². The maximum Gasteiger partial charge on any atom is 0.0551 e. The van der Waals surface area contributed by atoms with Crippen LogP contribution in [0.4, 0.5) is 0 Å². The average molecular weight is 273 g/mol. The van der Waals surface area contributed by atoms with Gasteiger partial charge in [-0.1, -0.05) is 0 Å². The van der Waals surface area contributed by atoms with Crippen LogP contribution in [0.15, 0.2) is 15.9 Å². The number of hydrogen-bond acceptors (Lipinski definition) is 3. The molecule has 0 aliphatic heterocycles. The van der Waals surface area contributed by atoms with Crippen LogP contribution in [0.2, 0.25) is 0 Å². The van der Waals surface area contributed by atoms with Gasteiger partial charge in [0.25, 0.3) is 0 Å². The standard InChI is InChI=1S/C10H13BrN2S/c1-2-3-5-13-9(7-12)10-8(11)4-6-14-10/h1,4,6,9,13H,3,5,7,12H2. The Labute approximate surface area is 97.0 Å². The molecule has 0 saturated heterocycles. The molecule has 1 unspecified atom stereocenters. The maximum absolute atomic E-state index is 5.69. The molecule has 0 radical (unpaired) electrons. The fourth-order valence-corrected chi connectivity index (χ4v) is 2.89. The van der Waals surface area contributed by atoms with E-state index in [-0.39, 0.29) is 6.04 Å². The Balaban J connectivity index is 2.55. The molecule has 1 heterocycles. The van der Waals surface area contributed by atoms with Gasteiger partial charge in [0.15, 0.2) is 0 Å². The molecule has 0 spiro atoms. The highest BCUT2D eigenvalue weighted by molar-refractivity contribution is 9.10. The van der Waals surface area contributed by atoms with Crippen LogP contribution in [0.25, 0.3) is 0 Å². The van der Waals surface area contributed by atoms with Crippen molar-refractivity contribution >= 4 is 27.3 Å². The first-order chi connectivity index (χ1) is 6.79. The molecule has 0 bridgehead atoms. The summed E-state index contributed by atoms with van der Waals surface area (Å²) in [4.78, 5) is 1.24. The lowest BCUT2D eigenvalue weighted by Crippen LogP contribution is -2.28. The van der Waals surface area contributed by atoms with Crippen LogP contribution >= 0.6 is 27.3 Å². The molecule has 0 aliphatic rings. The normalized spacial score (nSPS) is 12.4. The largest absolute Gasteiger partial charge is 0.329 e. The molecule has 14 heavy (non-hydrogen) atoms. The Morgan fingerprint density at radius 1 is 1.71 bits per heavy atom. The average Bonchev–Trinajstić information content (AvgIpc) is 2.60. The van der Waals surface area contributed by atoms with E-state index in [1.807, 2.05) is 11.4 Å². The van der Waals surface area contributed by atoms with Crippen LogP contribution in [0, 0.1) is 12.3 Å². The molecule has 0 aromatic carbocycles. The van der Waals surface area contributed by atoms with Gasteiger partial charge < -0.3 is 11.1 Å². The monoisotopic (exact) mass is 272 g/mol. The fraction of sp³-hybridized carbons (Fsp3) is 0.400. The second-order valence-electron chi connectivity index (χ2n) is 2.83. The summed E-state index contributed by atoms with van der Waals surface area (Å²) in [7, 11) is 0. The van der Waals surface area contributed by atoms with Crippen LogP contribution in [0.3, 0.4) is 0 Å². The number of nitrogens with one attached hydrogen (secondary N) is 1. The quantitative estimate of drug-likeness (QED) is 0.637. The molecule has 1 aromatic rings. The van der Waals surface area contributed by atoms with Crippen LogP contribution < -0.4 is 11.1 Å². The highest BCUT2D eigenvalue weighted by Gasteiger charge is 2.12. The third-order valence-electron chi connectivity index (χ3n) is 1.86. The molecular weight excluding hydrogens is 260 g/mol. The van der Waals surface area contributed by atoms with Gasteiger partial charge in [0, 0.05) is 28.9 Å². The van der Waals surface area contributed by atoms with Crippen LogP contribution in [-0.4, -0.2) is 13.1 Å². The number of halogens is 1. The molecule has 0 saturated carbocycles. The van der Waals surface area contributed by atoms with E-state index >= 15 is 0 Å². The topological polar surface area (TPSA) is 38.0 Å². The summed E-state index contributed by atoms with van der Waals surface area (Å²) in [6, 6.07) is 2.24. The minimum Gasteiger partial charge on any atom is -0.329 e. The lowest BCUT2D eigenvalue weighted by molar-refractivity contribution is 0.557. The van der Waals surface area contributed by atoms with E-state index in [2.05, 4.69) is 27.2 Å². The number of nitrogens with two attached hydrogens (primary N) is 1. The molecule has 0 amide bonds. The van der Waals surface area contributed by atoms with Crippen LogP contribution in [0.1, 0.15) is 17.3 Å². The molecule has 1 aromatic heterocycles. The molecular formula is C10H13BrN2S. The zero-order chi connectivity index (χ0) is 10.4. The third-order valence-corrected chi connectivity index (χ3v) is 3.84. The first kappa shape index (κ1) is 11.7. The van der Waals surface area contributed by atoms with Crippen molar-refractivity contribution in [2.45, 2.75) is 12.5 Å². The van der Waals surface area contributed by atoms with Crippen molar-refractivity contribution in [2.75, 3.05) is 13.1 Å². The van der Waals surface area contributed by atoms with Gasteiger partial charge in [-0.25, -0.2) is 0 Å². The predicted octanol–water partition coefficient (Wildman–Crippen LogP) is 2.12. The zero-order valence-corrected chi connectivity index (χ0v) is 10.2. The van der Waals surface area contributed by atoms with Gasteiger partial charge in [-0.3, -0.25) is 0 Å². The fourth-order valence-electron chi connectivity index (χ4n) is 1.16. The van der Waals surface area contributed by atoms with Gasteiger partial charge in [-0.15, -0.1) is 23.7 Å². The van der Waals surface area contributed by atoms with E-state index in [1.165, 1.54) is 4.88 Å². The second-order valence-corrected chi connectivity index (χ2v) is 4.63. The van der Waals surface area contributed by atoms with Gasteiger partial charge in [0.05, 0.1) is 6.04 Å². The summed E-state index contributed by atoms with van der Waals surface area (Å²) in [5.74, 6) is 2.60. The zero-order valence-electron chi connectivity index (χ0n) is 7.79. The number of rotatable bonds is 5. The van der Waals surface area contributed by atoms with E-state index in [1.54, 1.807) is 11.3 Å². The molecule has 0 fully saturated rings. The van der Waals surface area contributed by atoms with Gasteiger partial charge in [-0.2, -0.15) is 0 Å². The lowest BCUT2D eigenvalue weighted by Gasteiger charge is -2.14. The van der Waals surface area contributed by atoms with Crippen LogP contribution in [-0.2, 0) is 0 Å². The van der Waals surface area contributed by atoms with Gasteiger partial charge in [0.1, 0.15) is 0 Å². The summed E-state index contributed by atoms with van der Waals surface area (Å²) in [5.41, 5.74) is 5.69. The van der Waals surface area contributed by atoms with Gasteiger partial charge >= 0.3 is 0 Å². The number of terminal acetylenes is 1. The highest BCUT2D eigenvalue weighted by atomic mass is 79.9. The summed E-state index contributed by atoms with van der Waals surface area (Å²) in [6.45, 7) is 1.40. The molecule has 1 rings (SSSR count). The van der Waals surface area contributed by atoms with E-state index in [9.17, 15) is 0 Å². The molecule has 4 heteroatoms. The van der Waals surface area contributed by atoms with Crippen LogP contribution in [0.5, 0.6) is 0 Å². The molecule has 76 valence electrons. The Morgan fingerprint density at radius 2 is 2.50 bits per heavy atom. The van der Waals surface area contributed by atoms with Crippen molar-refractivity contribution in [1.82, 2.24) is 5.32 Å². The summed E-state index contributed by atoms with van der Waals surface area (Å²) in [5, 5.41) is 5.37. The molecule has 2 nitrogen and oxygen atoms in total. The second kappa shape index (κ2) is 6.20. The first-order valence-corrected chi connectivity index (χ1v) is 6.06. The van der Waals surface area contributed by atoms with Gasteiger partial charge in [-0.05, 0) is 27.4 Å². The Hall–Kier alpha value is -0.340. The predicted molar refractivity (Wildman–Crippen MR) is 65.3 cm³/mol. The van der Waals surface area contributed by atoms with E-state index < -0.39 is 0 Å². The third kappa shape index (κ3) is 3.10. The minimum atomic E-state index is 0.206. The minimum absolute atomic E-state index is 0.206. The Morgan fingerprint density at radius 3 is 3.00 bits per heavy atom. The number of hydrogen-bond donors (Lipinski definition) is 2. The SMILES string of the molecule is C#CCCNC(CN)c1sccc1Br. The van der Waals surface area contributed by atoms with Gasteiger partial charge in [0.2, 0.25) is 0 Å². The first-order valence-electron chi connectivity index (χ1n) is 4.39. The van der Waals surface area contributed by atoms with E-state index in [0.29, 0.717) is 6.54 Å². The molecule has 0 aliphatic carbocycles. The maximum atomic E-state index is 5.69. The molecule has 3 N–H and O–H groups in total. The van der Waals surface area contributed by atoms with E-state index in [0.717, 1.165) is 17.4 Å². The van der Waals surface area contributed by atoms with Crippen molar-refractivity contribution < 1.29 is 0 Å². The molecule has 1 atom stereocenters. The highest BCUT2D eigenvalue weighted by Crippen LogP contribution is 2.28. The summed E-state index contributed by atoms with van der Waals surface area (Å²) < 4.78 is 1.12. The van der Waals surface area contributed by atoms with E-state index in [4.69, 9.17) is 12.2 Å². The summed E-state index contributed by atoms with van der Waals surface area (Å²) >= 11 is 5.19. The summed E-state index contributed by atoms with van der Waals surface area (Å²) in [6.07, 6.45) is 5.91. The smallest absolute Gasteiger partial charge is 0.0551 e.